The predicted octanol–water partition coefficient (Wildman–Crippen LogP) is 3.29. The van der Waals surface area contributed by atoms with Crippen molar-refractivity contribution in [1.29, 1.82) is 0 Å². The fourth-order valence-electron chi connectivity index (χ4n) is 1.76. The van der Waals surface area contributed by atoms with Gasteiger partial charge in [-0.3, -0.25) is 14.9 Å². The average Bonchev–Trinajstić information content (AvgIpc) is 3.04. The number of carbonyl (C=O) groups excluding carboxylic acids is 1. The number of nitrogens with zero attached hydrogens (tertiary/aromatic N) is 1. The summed E-state index contributed by atoms with van der Waals surface area (Å²) < 4.78 is 10.3. The number of fused-ring (bicyclic) bond motifs is 1. The van der Waals surface area contributed by atoms with Crippen molar-refractivity contribution in [3.63, 3.8) is 0 Å². The van der Waals surface area contributed by atoms with Crippen LogP contribution < -0.4 is 14.8 Å². The molecule has 0 spiro atoms. The molecule has 0 atom stereocenters. The van der Waals surface area contributed by atoms with E-state index in [1.54, 1.807) is 18.2 Å². The molecule has 1 N–H and O–H groups in total. The van der Waals surface area contributed by atoms with Gasteiger partial charge in [-0.05, 0) is 12.1 Å². The number of hydrogen-bond acceptors (Lipinski definition) is 6. The molecule has 0 fully saturated rings. The third kappa shape index (κ3) is 2.63. The number of anilines is 1. The minimum atomic E-state index is -0.629. The Morgan fingerprint density at radius 2 is 2.10 bits per heavy atom. The van der Waals surface area contributed by atoms with Crippen LogP contribution in [0.4, 0.5) is 11.4 Å². The van der Waals surface area contributed by atoms with Crippen LogP contribution in [0, 0.1) is 10.1 Å². The number of benzene rings is 1. The highest BCUT2D eigenvalue weighted by molar-refractivity contribution is 7.18. The molecule has 1 aliphatic rings. The highest BCUT2D eigenvalue weighted by Crippen LogP contribution is 2.36. The lowest BCUT2D eigenvalue weighted by Crippen LogP contribution is -2.09. The van der Waals surface area contributed by atoms with Gasteiger partial charge >= 0.3 is 0 Å². The van der Waals surface area contributed by atoms with E-state index in [1.165, 1.54) is 0 Å². The first-order chi connectivity index (χ1) is 10.0. The summed E-state index contributed by atoms with van der Waals surface area (Å²) in [6, 6.07) is 6.08. The van der Waals surface area contributed by atoms with Gasteiger partial charge in [0.25, 0.3) is 11.6 Å². The van der Waals surface area contributed by atoms with Gasteiger partial charge in [0.15, 0.2) is 15.8 Å². The van der Waals surface area contributed by atoms with Gasteiger partial charge in [0, 0.05) is 17.8 Å². The Bertz CT molecular complexity index is 745. The Labute approximate surface area is 127 Å². The third-order valence-electron chi connectivity index (χ3n) is 2.72. The third-order valence-corrected chi connectivity index (χ3v) is 4.06. The minimum Gasteiger partial charge on any atom is -0.454 e. The van der Waals surface area contributed by atoms with Crippen LogP contribution >= 0.6 is 22.9 Å². The Kier molecular flexibility index (Phi) is 3.40. The van der Waals surface area contributed by atoms with Gasteiger partial charge in [0.05, 0.1) is 4.92 Å². The summed E-state index contributed by atoms with van der Waals surface area (Å²) >= 11 is 6.58. The van der Waals surface area contributed by atoms with E-state index in [2.05, 4.69) is 5.32 Å². The van der Waals surface area contributed by atoms with Crippen LogP contribution in [0.3, 0.4) is 0 Å². The lowest BCUT2D eigenvalue weighted by molar-refractivity contribution is -0.384. The Balaban J connectivity index is 1.80. The second-order valence-corrected chi connectivity index (χ2v) is 5.70. The Morgan fingerprint density at radius 1 is 1.33 bits per heavy atom. The average molecular weight is 327 g/mol. The molecule has 1 aromatic carbocycles. The molecular weight excluding hydrogens is 320 g/mol. The van der Waals surface area contributed by atoms with Crippen LogP contribution in [0.25, 0.3) is 0 Å². The van der Waals surface area contributed by atoms with Gasteiger partial charge in [0.1, 0.15) is 4.88 Å². The maximum Gasteiger partial charge on any atom is 0.299 e. The summed E-state index contributed by atoms with van der Waals surface area (Å²) in [5.41, 5.74) is 0.217. The fraction of sp³-hybridized carbons (Fsp3) is 0.0833. The fourth-order valence-corrected chi connectivity index (χ4v) is 2.88. The van der Waals surface area contributed by atoms with E-state index < -0.39 is 10.8 Å². The highest BCUT2D eigenvalue weighted by atomic mass is 35.5. The van der Waals surface area contributed by atoms with Crippen molar-refractivity contribution < 1.29 is 19.2 Å². The van der Waals surface area contributed by atoms with Crippen molar-refractivity contribution in [3.05, 3.63) is 43.6 Å². The molecule has 0 saturated heterocycles. The number of ether oxygens (including phenoxy) is 2. The molecule has 0 saturated carbocycles. The molecule has 3 rings (SSSR count). The van der Waals surface area contributed by atoms with E-state index in [-0.39, 0.29) is 21.7 Å². The molecule has 2 aromatic rings. The van der Waals surface area contributed by atoms with Gasteiger partial charge < -0.3 is 14.8 Å². The Hall–Kier alpha value is -2.32. The summed E-state index contributed by atoms with van der Waals surface area (Å²) in [6.07, 6.45) is 0. The quantitative estimate of drug-likeness (QED) is 0.690. The first-order valence-corrected chi connectivity index (χ1v) is 6.89. The zero-order valence-corrected chi connectivity index (χ0v) is 11.9. The summed E-state index contributed by atoms with van der Waals surface area (Å²) in [4.78, 5) is 22.3. The second kappa shape index (κ2) is 5.23. The second-order valence-electron chi connectivity index (χ2n) is 4.05. The molecule has 7 nitrogen and oxygen atoms in total. The molecule has 0 unspecified atom stereocenters. The first-order valence-electron chi connectivity index (χ1n) is 5.69. The Morgan fingerprint density at radius 3 is 2.81 bits per heavy atom. The van der Waals surface area contributed by atoms with E-state index in [9.17, 15) is 14.9 Å². The molecule has 1 amide bonds. The molecule has 1 aromatic heterocycles. The van der Waals surface area contributed by atoms with Crippen molar-refractivity contribution in [2.45, 2.75) is 0 Å². The zero-order valence-electron chi connectivity index (χ0n) is 10.3. The molecular formula is C12H7ClN2O5S. The van der Waals surface area contributed by atoms with Gasteiger partial charge in [0.2, 0.25) is 6.79 Å². The van der Waals surface area contributed by atoms with Gasteiger partial charge in [-0.1, -0.05) is 11.6 Å². The minimum absolute atomic E-state index is 0.0316. The predicted molar refractivity (Wildman–Crippen MR) is 76.5 cm³/mol. The number of amides is 1. The lowest BCUT2D eigenvalue weighted by Gasteiger charge is -2.04. The molecule has 9 heteroatoms. The van der Waals surface area contributed by atoms with Crippen molar-refractivity contribution in [3.8, 4) is 11.5 Å². The van der Waals surface area contributed by atoms with Gasteiger partial charge in [-0.25, -0.2) is 0 Å². The van der Waals surface area contributed by atoms with E-state index in [1.807, 2.05) is 0 Å². The van der Waals surface area contributed by atoms with Gasteiger partial charge in [-0.2, -0.15) is 0 Å². The van der Waals surface area contributed by atoms with Crippen molar-refractivity contribution in [2.75, 3.05) is 12.1 Å². The smallest absolute Gasteiger partial charge is 0.299 e. The van der Waals surface area contributed by atoms with E-state index in [0.717, 1.165) is 17.4 Å². The van der Waals surface area contributed by atoms with Crippen molar-refractivity contribution in [1.82, 2.24) is 0 Å². The molecule has 0 aliphatic carbocycles. The first kappa shape index (κ1) is 13.7. The molecule has 0 radical (unpaired) electrons. The lowest BCUT2D eigenvalue weighted by atomic mass is 10.2. The van der Waals surface area contributed by atoms with Crippen LogP contribution in [-0.2, 0) is 0 Å². The van der Waals surface area contributed by atoms with Crippen LogP contribution in [-0.4, -0.2) is 17.6 Å². The van der Waals surface area contributed by atoms with E-state index in [4.69, 9.17) is 21.1 Å². The van der Waals surface area contributed by atoms with Crippen molar-refractivity contribution in [2.24, 2.45) is 0 Å². The number of nitrogens with one attached hydrogen (secondary N) is 1. The highest BCUT2D eigenvalue weighted by Gasteiger charge is 2.21. The molecule has 108 valence electrons. The summed E-state index contributed by atoms with van der Waals surface area (Å²) in [6.45, 7) is 0.138. The van der Waals surface area contributed by atoms with Crippen LogP contribution in [0.15, 0.2) is 24.3 Å². The summed E-state index contributed by atoms with van der Waals surface area (Å²) in [5, 5.41) is 13.3. The number of carbonyl (C=O) groups is 1. The standard InChI is InChI=1S/C12H7ClN2O5S/c13-11-7(15(17)18)4-10(21-11)12(16)14-6-1-2-8-9(3-6)20-5-19-8/h1-4H,5H2,(H,14,16). The van der Waals surface area contributed by atoms with E-state index in [0.29, 0.717) is 17.2 Å². The van der Waals surface area contributed by atoms with Crippen LogP contribution in [0.2, 0.25) is 4.34 Å². The normalized spacial score (nSPS) is 12.2. The molecule has 1 aliphatic heterocycles. The summed E-state index contributed by atoms with van der Waals surface area (Å²) in [7, 11) is 0. The van der Waals surface area contributed by atoms with E-state index >= 15 is 0 Å². The molecule has 21 heavy (non-hydrogen) atoms. The molecule has 0 bridgehead atoms. The van der Waals surface area contributed by atoms with Crippen LogP contribution in [0.5, 0.6) is 11.5 Å². The topological polar surface area (TPSA) is 90.7 Å². The SMILES string of the molecule is O=C(Nc1ccc2c(c1)OCO2)c1cc([N+](=O)[O-])c(Cl)s1. The zero-order chi connectivity index (χ0) is 15.0. The maximum absolute atomic E-state index is 12.0. The monoisotopic (exact) mass is 326 g/mol. The number of halogens is 1. The largest absolute Gasteiger partial charge is 0.454 e. The maximum atomic E-state index is 12.0. The molecule has 2 heterocycles. The number of rotatable bonds is 3. The van der Waals surface area contributed by atoms with Gasteiger partial charge in [-0.15, -0.1) is 11.3 Å². The number of hydrogen-bond donors (Lipinski definition) is 1. The summed E-state index contributed by atoms with van der Waals surface area (Å²) in [5.74, 6) is 0.652. The number of thiophene rings is 1. The van der Waals surface area contributed by atoms with Crippen molar-refractivity contribution >= 4 is 40.2 Å². The number of nitro groups is 1. The van der Waals surface area contributed by atoms with Crippen LogP contribution in [0.1, 0.15) is 9.67 Å².